The van der Waals surface area contributed by atoms with Gasteiger partial charge in [-0.1, -0.05) is 35.9 Å². The third-order valence-electron chi connectivity index (χ3n) is 4.88. The minimum Gasteiger partial charge on any atom is -0.486 e. The standard InChI is InChI=1S/C21H24N2O3/c1-14-2-4-15(5-3-14)13-22-21(24)23-20(16-6-7-16)17-8-9-18-19(12-17)26-11-10-25-18/h2-5,8-9,12,16,20H,6-7,10-11,13H2,1H3,(H2,22,23,24). The summed E-state index contributed by atoms with van der Waals surface area (Å²) in [6, 6.07) is 14.0. The smallest absolute Gasteiger partial charge is 0.315 e. The Labute approximate surface area is 153 Å². The molecule has 136 valence electrons. The molecule has 0 saturated heterocycles. The van der Waals surface area contributed by atoms with Crippen LogP contribution in [0.3, 0.4) is 0 Å². The molecule has 1 heterocycles. The Morgan fingerprint density at radius 2 is 1.81 bits per heavy atom. The molecular weight excluding hydrogens is 328 g/mol. The van der Waals surface area contributed by atoms with Gasteiger partial charge in [0.05, 0.1) is 6.04 Å². The second-order valence-corrected chi connectivity index (χ2v) is 7.03. The van der Waals surface area contributed by atoms with Crippen molar-refractivity contribution in [3.63, 3.8) is 0 Å². The molecule has 2 amide bonds. The van der Waals surface area contributed by atoms with Gasteiger partial charge in [0.2, 0.25) is 0 Å². The topological polar surface area (TPSA) is 59.6 Å². The van der Waals surface area contributed by atoms with E-state index in [-0.39, 0.29) is 12.1 Å². The average Bonchev–Trinajstić information content (AvgIpc) is 3.50. The molecular formula is C21H24N2O3. The second kappa shape index (κ2) is 7.28. The van der Waals surface area contributed by atoms with Crippen molar-refractivity contribution in [3.8, 4) is 11.5 Å². The van der Waals surface area contributed by atoms with Gasteiger partial charge in [-0.2, -0.15) is 0 Å². The van der Waals surface area contributed by atoms with E-state index >= 15 is 0 Å². The van der Waals surface area contributed by atoms with Gasteiger partial charge in [-0.3, -0.25) is 0 Å². The highest BCUT2D eigenvalue weighted by Crippen LogP contribution is 2.43. The molecule has 5 nitrogen and oxygen atoms in total. The molecule has 2 aromatic rings. The molecule has 0 radical (unpaired) electrons. The molecule has 1 saturated carbocycles. The number of carbonyl (C=O) groups is 1. The van der Waals surface area contributed by atoms with Crippen LogP contribution in [0.2, 0.25) is 0 Å². The van der Waals surface area contributed by atoms with Gasteiger partial charge in [0.1, 0.15) is 13.2 Å². The third kappa shape index (κ3) is 3.93. The van der Waals surface area contributed by atoms with Gasteiger partial charge in [-0.05, 0) is 48.9 Å². The van der Waals surface area contributed by atoms with E-state index in [9.17, 15) is 4.79 Å². The van der Waals surface area contributed by atoms with E-state index in [4.69, 9.17) is 9.47 Å². The van der Waals surface area contributed by atoms with Crippen LogP contribution in [0.5, 0.6) is 11.5 Å². The van der Waals surface area contributed by atoms with Gasteiger partial charge in [-0.25, -0.2) is 4.79 Å². The minimum absolute atomic E-state index is 0.00356. The summed E-state index contributed by atoms with van der Waals surface area (Å²) in [6.45, 7) is 3.72. The minimum atomic E-state index is -0.141. The molecule has 1 aliphatic carbocycles. The number of fused-ring (bicyclic) bond motifs is 1. The molecule has 1 atom stereocenters. The highest BCUT2D eigenvalue weighted by atomic mass is 16.6. The first-order chi connectivity index (χ1) is 12.7. The van der Waals surface area contributed by atoms with Gasteiger partial charge in [-0.15, -0.1) is 0 Å². The van der Waals surface area contributed by atoms with Crippen LogP contribution in [-0.2, 0) is 6.54 Å². The molecule has 2 aromatic carbocycles. The summed E-state index contributed by atoms with van der Waals surface area (Å²) in [5.41, 5.74) is 3.38. The fourth-order valence-corrected chi connectivity index (χ4v) is 3.24. The van der Waals surface area contributed by atoms with E-state index in [1.54, 1.807) is 0 Å². The van der Waals surface area contributed by atoms with Crippen LogP contribution in [-0.4, -0.2) is 19.2 Å². The summed E-state index contributed by atoms with van der Waals surface area (Å²) in [5.74, 6) is 2.03. The lowest BCUT2D eigenvalue weighted by atomic mass is 10.0. The van der Waals surface area contributed by atoms with Gasteiger partial charge < -0.3 is 20.1 Å². The van der Waals surface area contributed by atoms with Crippen molar-refractivity contribution in [1.82, 2.24) is 10.6 Å². The molecule has 1 fully saturated rings. The van der Waals surface area contributed by atoms with Gasteiger partial charge >= 0.3 is 6.03 Å². The Morgan fingerprint density at radius 1 is 1.08 bits per heavy atom. The second-order valence-electron chi connectivity index (χ2n) is 7.03. The molecule has 0 aromatic heterocycles. The van der Waals surface area contributed by atoms with Crippen LogP contribution in [0.4, 0.5) is 4.79 Å². The van der Waals surface area contributed by atoms with E-state index in [1.807, 2.05) is 30.3 Å². The number of ether oxygens (including phenoxy) is 2. The van der Waals surface area contributed by atoms with Gasteiger partial charge in [0, 0.05) is 6.54 Å². The lowest BCUT2D eigenvalue weighted by molar-refractivity contribution is 0.171. The molecule has 4 rings (SSSR count). The number of aryl methyl sites for hydroxylation is 1. The first-order valence-electron chi connectivity index (χ1n) is 9.18. The third-order valence-corrected chi connectivity index (χ3v) is 4.88. The number of amides is 2. The van der Waals surface area contributed by atoms with Crippen LogP contribution in [0.1, 0.15) is 35.6 Å². The molecule has 5 heteroatoms. The Bertz CT molecular complexity index is 784. The summed E-state index contributed by atoms with van der Waals surface area (Å²) in [6.07, 6.45) is 2.27. The monoisotopic (exact) mass is 352 g/mol. The molecule has 2 N–H and O–H groups in total. The first-order valence-corrected chi connectivity index (χ1v) is 9.18. The SMILES string of the molecule is Cc1ccc(CNC(=O)NC(c2ccc3c(c2)OCCO3)C2CC2)cc1. The van der Waals surface area contributed by atoms with Crippen LogP contribution >= 0.6 is 0 Å². The zero-order chi connectivity index (χ0) is 17.9. The van der Waals surface area contributed by atoms with Crippen molar-refractivity contribution < 1.29 is 14.3 Å². The number of carbonyl (C=O) groups excluding carboxylic acids is 1. The summed E-state index contributed by atoms with van der Waals surface area (Å²) < 4.78 is 11.3. The maximum atomic E-state index is 12.4. The zero-order valence-corrected chi connectivity index (χ0v) is 15.0. The Hall–Kier alpha value is -2.69. The number of hydrogen-bond donors (Lipinski definition) is 2. The fraction of sp³-hybridized carbons (Fsp3) is 0.381. The van der Waals surface area contributed by atoms with Crippen molar-refractivity contribution in [2.45, 2.75) is 32.4 Å². The van der Waals surface area contributed by atoms with Crippen LogP contribution in [0.25, 0.3) is 0 Å². The number of urea groups is 1. The fourth-order valence-electron chi connectivity index (χ4n) is 3.24. The van der Waals surface area contributed by atoms with E-state index in [0.29, 0.717) is 25.7 Å². The lowest BCUT2D eigenvalue weighted by Crippen LogP contribution is -2.38. The molecule has 26 heavy (non-hydrogen) atoms. The summed E-state index contributed by atoms with van der Waals surface area (Å²) in [7, 11) is 0. The quantitative estimate of drug-likeness (QED) is 0.862. The maximum Gasteiger partial charge on any atom is 0.315 e. The molecule has 1 aliphatic heterocycles. The predicted octanol–water partition coefficient (Wildman–Crippen LogP) is 3.72. The van der Waals surface area contributed by atoms with E-state index in [2.05, 4.69) is 29.7 Å². The van der Waals surface area contributed by atoms with Gasteiger partial charge in [0.25, 0.3) is 0 Å². The van der Waals surface area contributed by atoms with Crippen molar-refractivity contribution in [2.75, 3.05) is 13.2 Å². The number of rotatable bonds is 5. The zero-order valence-electron chi connectivity index (χ0n) is 15.0. The number of nitrogens with one attached hydrogen (secondary N) is 2. The van der Waals surface area contributed by atoms with Gasteiger partial charge in [0.15, 0.2) is 11.5 Å². The Balaban J connectivity index is 1.40. The molecule has 0 bridgehead atoms. The molecule has 0 spiro atoms. The molecule has 2 aliphatic rings. The van der Waals surface area contributed by atoms with E-state index in [1.165, 1.54) is 5.56 Å². The Kier molecular flexibility index (Phi) is 4.69. The number of benzene rings is 2. The van der Waals surface area contributed by atoms with E-state index in [0.717, 1.165) is 35.5 Å². The summed E-state index contributed by atoms with van der Waals surface area (Å²) in [5, 5.41) is 6.09. The normalized spacial score (nSPS) is 16.7. The van der Waals surface area contributed by atoms with Crippen molar-refractivity contribution in [2.24, 2.45) is 5.92 Å². The first kappa shape index (κ1) is 16.8. The van der Waals surface area contributed by atoms with Crippen LogP contribution in [0, 0.1) is 12.8 Å². The summed E-state index contributed by atoms with van der Waals surface area (Å²) >= 11 is 0. The lowest BCUT2D eigenvalue weighted by Gasteiger charge is -2.23. The van der Waals surface area contributed by atoms with E-state index < -0.39 is 0 Å². The summed E-state index contributed by atoms with van der Waals surface area (Å²) in [4.78, 5) is 12.4. The van der Waals surface area contributed by atoms with Crippen molar-refractivity contribution in [3.05, 3.63) is 59.2 Å². The molecule has 1 unspecified atom stereocenters. The van der Waals surface area contributed by atoms with Crippen molar-refractivity contribution >= 4 is 6.03 Å². The van der Waals surface area contributed by atoms with Crippen molar-refractivity contribution in [1.29, 1.82) is 0 Å². The largest absolute Gasteiger partial charge is 0.486 e. The number of hydrogen-bond acceptors (Lipinski definition) is 3. The highest BCUT2D eigenvalue weighted by molar-refractivity contribution is 5.74. The predicted molar refractivity (Wildman–Crippen MR) is 99.4 cm³/mol. The highest BCUT2D eigenvalue weighted by Gasteiger charge is 2.34. The van der Waals surface area contributed by atoms with Crippen LogP contribution in [0.15, 0.2) is 42.5 Å². The maximum absolute atomic E-state index is 12.4. The van der Waals surface area contributed by atoms with Crippen LogP contribution < -0.4 is 20.1 Å². The average molecular weight is 352 g/mol. The Morgan fingerprint density at radius 3 is 2.54 bits per heavy atom.